The molecule has 1 saturated heterocycles. The van der Waals surface area contributed by atoms with E-state index >= 15 is 0 Å². The molecule has 2 aromatic rings. The molecule has 1 amide bonds. The summed E-state index contributed by atoms with van der Waals surface area (Å²) in [6.45, 7) is 3.40. The van der Waals surface area contributed by atoms with Gasteiger partial charge in [0.15, 0.2) is 0 Å². The molecule has 1 aromatic heterocycles. The van der Waals surface area contributed by atoms with Gasteiger partial charge in [-0.05, 0) is 51.1 Å². The van der Waals surface area contributed by atoms with Gasteiger partial charge in [0.1, 0.15) is 12.4 Å². The average molecular weight is 342 g/mol. The lowest BCUT2D eigenvalue weighted by molar-refractivity contribution is -0.125. The van der Waals surface area contributed by atoms with Crippen LogP contribution in [0, 0.1) is 0 Å². The minimum absolute atomic E-state index is 0.00337. The maximum Gasteiger partial charge on any atom is 0.237 e. The van der Waals surface area contributed by atoms with Gasteiger partial charge in [0.2, 0.25) is 5.91 Å². The average Bonchev–Trinajstić information content (AvgIpc) is 3.21. The summed E-state index contributed by atoms with van der Waals surface area (Å²) in [5.74, 6) is 0.889. The predicted octanol–water partition coefficient (Wildman–Crippen LogP) is 2.06. The molecule has 2 heterocycles. The number of hydrogen-bond acceptors (Lipinski definition) is 4. The summed E-state index contributed by atoms with van der Waals surface area (Å²) in [5, 5.41) is 7.25. The van der Waals surface area contributed by atoms with Crippen molar-refractivity contribution >= 4 is 5.91 Å². The largest absolute Gasteiger partial charge is 0.491 e. The minimum Gasteiger partial charge on any atom is -0.491 e. The molecule has 3 rings (SSSR count). The fraction of sp³-hybridized carbons (Fsp3) is 0.474. The molecule has 1 aliphatic rings. The summed E-state index contributed by atoms with van der Waals surface area (Å²) in [6.07, 6.45) is 5.82. The molecule has 2 atom stereocenters. The van der Waals surface area contributed by atoms with E-state index in [0.717, 1.165) is 36.3 Å². The molecular weight excluding hydrogens is 316 g/mol. The van der Waals surface area contributed by atoms with Gasteiger partial charge >= 0.3 is 0 Å². The van der Waals surface area contributed by atoms with E-state index in [0.29, 0.717) is 6.61 Å². The number of ether oxygens (including phenoxy) is 1. The van der Waals surface area contributed by atoms with Crippen LogP contribution in [-0.4, -0.2) is 52.9 Å². The number of aromatic nitrogens is 2. The maximum atomic E-state index is 12.3. The molecular formula is C19H26N4O2. The summed E-state index contributed by atoms with van der Waals surface area (Å²) in [6, 6.07) is 7.88. The zero-order valence-corrected chi connectivity index (χ0v) is 15.1. The Morgan fingerprint density at radius 3 is 2.92 bits per heavy atom. The van der Waals surface area contributed by atoms with E-state index in [9.17, 15) is 4.79 Å². The molecule has 1 aliphatic heterocycles. The van der Waals surface area contributed by atoms with Crippen LogP contribution in [0.3, 0.4) is 0 Å². The van der Waals surface area contributed by atoms with E-state index in [4.69, 9.17) is 4.74 Å². The van der Waals surface area contributed by atoms with Gasteiger partial charge in [-0.25, -0.2) is 0 Å². The van der Waals surface area contributed by atoms with Gasteiger partial charge in [0, 0.05) is 18.8 Å². The molecule has 0 radical (unpaired) electrons. The quantitative estimate of drug-likeness (QED) is 0.873. The predicted molar refractivity (Wildman–Crippen MR) is 97.4 cm³/mol. The van der Waals surface area contributed by atoms with Crippen molar-refractivity contribution in [1.82, 2.24) is 20.0 Å². The first kappa shape index (κ1) is 17.5. The van der Waals surface area contributed by atoms with Crippen molar-refractivity contribution in [3.05, 3.63) is 36.7 Å². The highest BCUT2D eigenvalue weighted by atomic mass is 16.5. The highest BCUT2D eigenvalue weighted by Gasteiger charge is 2.28. The van der Waals surface area contributed by atoms with Gasteiger partial charge in [-0.1, -0.05) is 12.1 Å². The molecule has 1 aromatic carbocycles. The van der Waals surface area contributed by atoms with Crippen LogP contribution in [0.1, 0.15) is 19.8 Å². The van der Waals surface area contributed by atoms with Crippen LogP contribution in [-0.2, 0) is 11.8 Å². The molecule has 2 unspecified atom stereocenters. The third kappa shape index (κ3) is 4.39. The lowest BCUT2D eigenvalue weighted by atomic mass is 10.1. The van der Waals surface area contributed by atoms with Gasteiger partial charge in [0.25, 0.3) is 0 Å². The van der Waals surface area contributed by atoms with E-state index in [1.165, 1.54) is 0 Å². The molecule has 1 fully saturated rings. The fourth-order valence-corrected chi connectivity index (χ4v) is 3.18. The first-order chi connectivity index (χ1) is 12.0. The van der Waals surface area contributed by atoms with E-state index in [2.05, 4.69) is 15.3 Å². The zero-order valence-electron chi connectivity index (χ0n) is 15.1. The highest BCUT2D eigenvalue weighted by molar-refractivity contribution is 5.82. The second kappa shape index (κ2) is 7.70. The minimum atomic E-state index is -0.0384. The number of nitrogens with zero attached hydrogens (tertiary/aromatic N) is 3. The third-order valence-corrected chi connectivity index (χ3v) is 4.58. The van der Waals surface area contributed by atoms with Crippen molar-refractivity contribution in [2.75, 3.05) is 20.2 Å². The molecule has 0 aliphatic carbocycles. The Balaban J connectivity index is 1.53. The van der Waals surface area contributed by atoms with E-state index in [1.807, 2.05) is 57.7 Å². The van der Waals surface area contributed by atoms with Crippen molar-refractivity contribution < 1.29 is 9.53 Å². The molecule has 25 heavy (non-hydrogen) atoms. The lowest BCUT2D eigenvalue weighted by Gasteiger charge is -2.22. The van der Waals surface area contributed by atoms with E-state index in [1.54, 1.807) is 4.68 Å². The van der Waals surface area contributed by atoms with Crippen molar-refractivity contribution in [3.8, 4) is 16.9 Å². The van der Waals surface area contributed by atoms with Gasteiger partial charge in [-0.2, -0.15) is 5.10 Å². The Morgan fingerprint density at radius 2 is 2.24 bits per heavy atom. The van der Waals surface area contributed by atoms with Crippen LogP contribution in [0.2, 0.25) is 0 Å². The van der Waals surface area contributed by atoms with E-state index < -0.39 is 0 Å². The fourth-order valence-electron chi connectivity index (χ4n) is 3.18. The molecule has 0 saturated carbocycles. The molecule has 1 N–H and O–H groups in total. The maximum absolute atomic E-state index is 12.3. The molecule has 6 nitrogen and oxygen atoms in total. The van der Waals surface area contributed by atoms with Crippen molar-refractivity contribution in [2.24, 2.45) is 7.05 Å². The summed E-state index contributed by atoms with van der Waals surface area (Å²) >= 11 is 0. The second-order valence-electron chi connectivity index (χ2n) is 6.79. The standard InChI is InChI=1S/C19H26N4O2/c1-14(21-19(24)18-8-5-9-22(18)2)13-25-17-7-4-6-15(10-17)16-11-20-23(3)12-16/h4,6-7,10-12,14,18H,5,8-9,13H2,1-3H3,(H,21,24). The number of carbonyl (C=O) groups excluding carboxylic acids is 1. The third-order valence-electron chi connectivity index (χ3n) is 4.58. The van der Waals surface area contributed by atoms with Crippen molar-refractivity contribution in [2.45, 2.75) is 31.8 Å². The Bertz CT molecular complexity index is 728. The number of likely N-dealkylation sites (N-methyl/N-ethyl adjacent to an activating group) is 1. The zero-order chi connectivity index (χ0) is 17.8. The number of nitrogens with one attached hydrogen (secondary N) is 1. The number of benzene rings is 1. The summed E-state index contributed by atoms with van der Waals surface area (Å²) in [7, 11) is 3.90. The van der Waals surface area contributed by atoms with Crippen molar-refractivity contribution in [1.29, 1.82) is 0 Å². The SMILES string of the molecule is CC(COc1cccc(-c2cnn(C)c2)c1)NC(=O)C1CCCN1C. The Hall–Kier alpha value is -2.34. The van der Waals surface area contributed by atoms with Gasteiger partial charge in [-0.15, -0.1) is 0 Å². The van der Waals surface area contributed by atoms with Crippen LogP contribution in [0.4, 0.5) is 0 Å². The number of likely N-dealkylation sites (tertiary alicyclic amines) is 1. The van der Waals surface area contributed by atoms with Gasteiger partial charge < -0.3 is 10.1 Å². The number of carbonyl (C=O) groups is 1. The van der Waals surface area contributed by atoms with Crippen LogP contribution in [0.25, 0.3) is 11.1 Å². The van der Waals surface area contributed by atoms with Gasteiger partial charge in [0.05, 0.1) is 18.3 Å². The second-order valence-corrected chi connectivity index (χ2v) is 6.79. The van der Waals surface area contributed by atoms with Crippen LogP contribution in [0.5, 0.6) is 5.75 Å². The summed E-state index contributed by atoms with van der Waals surface area (Å²) in [5.41, 5.74) is 2.12. The monoisotopic (exact) mass is 342 g/mol. The number of rotatable bonds is 6. The van der Waals surface area contributed by atoms with Gasteiger partial charge in [-0.3, -0.25) is 14.4 Å². The van der Waals surface area contributed by atoms with Crippen LogP contribution in [0.15, 0.2) is 36.7 Å². The normalized spacial score (nSPS) is 18.9. The number of hydrogen-bond donors (Lipinski definition) is 1. The highest BCUT2D eigenvalue weighted by Crippen LogP contribution is 2.23. The van der Waals surface area contributed by atoms with Crippen LogP contribution >= 0.6 is 0 Å². The first-order valence-electron chi connectivity index (χ1n) is 8.75. The molecule has 6 heteroatoms. The molecule has 134 valence electrons. The Morgan fingerprint density at radius 1 is 1.40 bits per heavy atom. The molecule has 0 spiro atoms. The summed E-state index contributed by atoms with van der Waals surface area (Å²) < 4.78 is 7.65. The Kier molecular flexibility index (Phi) is 5.38. The van der Waals surface area contributed by atoms with E-state index in [-0.39, 0.29) is 18.0 Å². The van der Waals surface area contributed by atoms with Crippen LogP contribution < -0.4 is 10.1 Å². The first-order valence-corrected chi connectivity index (χ1v) is 8.75. The lowest BCUT2D eigenvalue weighted by Crippen LogP contribution is -2.46. The smallest absolute Gasteiger partial charge is 0.237 e. The number of amides is 1. The Labute approximate surface area is 148 Å². The molecule has 0 bridgehead atoms. The van der Waals surface area contributed by atoms with Crippen molar-refractivity contribution in [3.63, 3.8) is 0 Å². The summed E-state index contributed by atoms with van der Waals surface area (Å²) in [4.78, 5) is 14.4. The number of aryl methyl sites for hydroxylation is 1. The topological polar surface area (TPSA) is 59.4 Å².